The summed E-state index contributed by atoms with van der Waals surface area (Å²) in [5.41, 5.74) is 9.28. The first-order valence-corrected chi connectivity index (χ1v) is 5.99. The number of carbonyl (C=O) groups is 2. The largest absolute Gasteiger partial charge is 0.508 e. The number of nitrogens with zero attached hydrogens (tertiary/aromatic N) is 4. The Labute approximate surface area is 118 Å². The fraction of sp³-hybridized carbons (Fsp3) is 0. The van der Waals surface area contributed by atoms with Gasteiger partial charge in [-0.15, -0.1) is 0 Å². The van der Waals surface area contributed by atoms with Gasteiger partial charge in [-0.05, 0) is 35.9 Å². The summed E-state index contributed by atoms with van der Waals surface area (Å²) in [5, 5.41) is 12.7. The number of hydrogen-bond donors (Lipinski definition) is 1. The highest BCUT2D eigenvalue weighted by Crippen LogP contribution is 2.34. The van der Waals surface area contributed by atoms with Gasteiger partial charge in [0.1, 0.15) is 5.75 Å². The maximum Gasteiger partial charge on any atom is 0.266 e. The van der Waals surface area contributed by atoms with Gasteiger partial charge < -0.3 is 5.11 Å². The molecule has 0 aliphatic carbocycles. The minimum atomic E-state index is -0.552. The number of phenolic OH excluding ortho intramolecular Hbond substituents is 1. The molecule has 0 fully saturated rings. The van der Waals surface area contributed by atoms with Crippen LogP contribution in [0.1, 0.15) is 20.7 Å². The molecule has 1 heterocycles. The quantitative estimate of drug-likeness (QED) is 0.395. The maximum absolute atomic E-state index is 12.4. The van der Waals surface area contributed by atoms with Crippen molar-refractivity contribution in [2.75, 3.05) is 4.90 Å². The molecule has 0 spiro atoms. The van der Waals surface area contributed by atoms with Crippen molar-refractivity contribution >= 4 is 23.2 Å². The summed E-state index contributed by atoms with van der Waals surface area (Å²) in [6.45, 7) is 0. The number of hydrogen-bond acceptors (Lipinski definition) is 4. The van der Waals surface area contributed by atoms with Crippen molar-refractivity contribution in [1.82, 2.24) is 0 Å². The third kappa shape index (κ3) is 1.89. The van der Waals surface area contributed by atoms with Crippen molar-refractivity contribution in [3.8, 4) is 5.75 Å². The molecule has 102 valence electrons. The highest BCUT2D eigenvalue weighted by atomic mass is 16.3. The van der Waals surface area contributed by atoms with Crippen LogP contribution in [0.15, 0.2) is 47.6 Å². The van der Waals surface area contributed by atoms with Crippen molar-refractivity contribution < 1.29 is 14.7 Å². The van der Waals surface area contributed by atoms with E-state index in [0.29, 0.717) is 5.69 Å². The Kier molecular flexibility index (Phi) is 2.82. The molecule has 2 amide bonds. The second-order valence-electron chi connectivity index (χ2n) is 4.35. The van der Waals surface area contributed by atoms with Gasteiger partial charge in [0.2, 0.25) is 0 Å². The van der Waals surface area contributed by atoms with Crippen molar-refractivity contribution in [3.63, 3.8) is 0 Å². The van der Waals surface area contributed by atoms with E-state index in [2.05, 4.69) is 10.0 Å². The van der Waals surface area contributed by atoms with Gasteiger partial charge in [-0.3, -0.25) is 9.59 Å². The van der Waals surface area contributed by atoms with Crippen LogP contribution < -0.4 is 4.90 Å². The second-order valence-corrected chi connectivity index (χ2v) is 4.35. The summed E-state index contributed by atoms with van der Waals surface area (Å²) in [6.07, 6.45) is 0. The normalized spacial score (nSPS) is 13.0. The first-order valence-electron chi connectivity index (χ1n) is 5.99. The van der Waals surface area contributed by atoms with Gasteiger partial charge in [-0.25, -0.2) is 4.90 Å². The van der Waals surface area contributed by atoms with E-state index in [1.54, 1.807) is 6.07 Å². The second kappa shape index (κ2) is 4.66. The number of phenols is 1. The number of benzene rings is 2. The minimum Gasteiger partial charge on any atom is -0.508 e. The van der Waals surface area contributed by atoms with E-state index in [0.717, 1.165) is 4.90 Å². The Morgan fingerprint density at radius 3 is 2.43 bits per heavy atom. The van der Waals surface area contributed by atoms with Gasteiger partial charge in [-0.2, -0.15) is 0 Å². The Balaban J connectivity index is 2.15. The van der Waals surface area contributed by atoms with Gasteiger partial charge in [0, 0.05) is 4.91 Å². The SMILES string of the molecule is [N-]=[N+]=Nc1cccc2c1C(=O)N(c1ccc(O)cc1)C2=O. The topological polar surface area (TPSA) is 106 Å². The summed E-state index contributed by atoms with van der Waals surface area (Å²) in [7, 11) is 0. The number of azide groups is 1. The fourth-order valence-electron chi connectivity index (χ4n) is 2.24. The summed E-state index contributed by atoms with van der Waals surface area (Å²) in [4.78, 5) is 28.5. The lowest BCUT2D eigenvalue weighted by Gasteiger charge is -2.13. The molecule has 2 aromatic carbocycles. The van der Waals surface area contributed by atoms with Crippen LogP contribution in [0.3, 0.4) is 0 Å². The van der Waals surface area contributed by atoms with E-state index >= 15 is 0 Å². The highest BCUT2D eigenvalue weighted by Gasteiger charge is 2.38. The van der Waals surface area contributed by atoms with Gasteiger partial charge in [-0.1, -0.05) is 17.2 Å². The number of rotatable bonds is 2. The molecule has 0 saturated carbocycles. The molecule has 1 N–H and O–H groups in total. The maximum atomic E-state index is 12.4. The van der Waals surface area contributed by atoms with E-state index in [9.17, 15) is 14.7 Å². The van der Waals surface area contributed by atoms with Gasteiger partial charge in [0.05, 0.1) is 22.5 Å². The van der Waals surface area contributed by atoms with Crippen molar-refractivity contribution in [2.24, 2.45) is 5.11 Å². The van der Waals surface area contributed by atoms with Crippen LogP contribution in [-0.2, 0) is 0 Å². The predicted molar refractivity (Wildman–Crippen MR) is 74.5 cm³/mol. The molecule has 3 rings (SSSR count). The molecule has 2 aromatic rings. The number of aromatic hydroxyl groups is 1. The number of anilines is 1. The highest BCUT2D eigenvalue weighted by molar-refractivity contribution is 6.35. The summed E-state index contributed by atoms with van der Waals surface area (Å²) in [5.74, 6) is -1.01. The molecule has 0 aromatic heterocycles. The molecule has 7 nitrogen and oxygen atoms in total. The molecular formula is C14H8N4O3. The molecule has 21 heavy (non-hydrogen) atoms. The molecule has 0 bridgehead atoms. The van der Waals surface area contributed by atoms with Crippen LogP contribution in [0.5, 0.6) is 5.75 Å². The Morgan fingerprint density at radius 1 is 1.05 bits per heavy atom. The third-order valence-electron chi connectivity index (χ3n) is 3.15. The first kappa shape index (κ1) is 12.7. The van der Waals surface area contributed by atoms with Crippen LogP contribution >= 0.6 is 0 Å². The van der Waals surface area contributed by atoms with Crippen LogP contribution in [-0.4, -0.2) is 16.9 Å². The molecule has 1 aliphatic rings. The van der Waals surface area contributed by atoms with Gasteiger partial charge >= 0.3 is 0 Å². The zero-order chi connectivity index (χ0) is 15.0. The van der Waals surface area contributed by atoms with E-state index < -0.39 is 11.8 Å². The minimum absolute atomic E-state index is 0.0325. The summed E-state index contributed by atoms with van der Waals surface area (Å²) >= 11 is 0. The van der Waals surface area contributed by atoms with Gasteiger partial charge in [0.25, 0.3) is 11.8 Å². The fourth-order valence-corrected chi connectivity index (χ4v) is 2.24. The molecule has 0 atom stereocenters. The average Bonchev–Trinajstić information content (AvgIpc) is 2.74. The van der Waals surface area contributed by atoms with Gasteiger partial charge in [0.15, 0.2) is 0 Å². The van der Waals surface area contributed by atoms with Crippen molar-refractivity contribution in [1.29, 1.82) is 0 Å². The smallest absolute Gasteiger partial charge is 0.266 e. The molecular weight excluding hydrogens is 272 g/mol. The number of imide groups is 1. The van der Waals surface area contributed by atoms with Crippen LogP contribution in [0.25, 0.3) is 10.4 Å². The van der Waals surface area contributed by atoms with E-state index in [1.807, 2.05) is 0 Å². The van der Waals surface area contributed by atoms with E-state index in [4.69, 9.17) is 5.53 Å². The Hall–Kier alpha value is -3.31. The Bertz CT molecular complexity index is 807. The van der Waals surface area contributed by atoms with Crippen LogP contribution in [0.4, 0.5) is 11.4 Å². The monoisotopic (exact) mass is 280 g/mol. The lowest BCUT2D eigenvalue weighted by atomic mass is 10.1. The number of fused-ring (bicyclic) bond motifs is 1. The zero-order valence-corrected chi connectivity index (χ0v) is 10.6. The van der Waals surface area contributed by atoms with Crippen LogP contribution in [0, 0.1) is 0 Å². The van der Waals surface area contributed by atoms with Crippen molar-refractivity contribution in [2.45, 2.75) is 0 Å². The number of amides is 2. The van der Waals surface area contributed by atoms with Crippen LogP contribution in [0.2, 0.25) is 0 Å². The molecule has 0 radical (unpaired) electrons. The first-order chi connectivity index (χ1) is 10.1. The average molecular weight is 280 g/mol. The lowest BCUT2D eigenvalue weighted by Crippen LogP contribution is -2.29. The Morgan fingerprint density at radius 2 is 1.76 bits per heavy atom. The lowest BCUT2D eigenvalue weighted by molar-refractivity contribution is 0.0926. The molecule has 7 heteroatoms. The molecule has 0 unspecified atom stereocenters. The van der Waals surface area contributed by atoms with E-state index in [1.165, 1.54) is 36.4 Å². The molecule has 0 saturated heterocycles. The molecule has 1 aliphatic heterocycles. The zero-order valence-electron chi connectivity index (χ0n) is 10.6. The standard InChI is InChI=1S/C14H8N4O3/c15-17-16-11-3-1-2-10-12(11)14(21)18(13(10)20)8-4-6-9(19)7-5-8/h1-7,19H. The van der Waals surface area contributed by atoms with Crippen molar-refractivity contribution in [3.05, 3.63) is 64.0 Å². The predicted octanol–water partition coefficient (Wildman–Crippen LogP) is 3.13. The summed E-state index contributed by atoms with van der Waals surface area (Å²) < 4.78 is 0. The van der Waals surface area contributed by atoms with E-state index in [-0.39, 0.29) is 22.6 Å². The third-order valence-corrected chi connectivity index (χ3v) is 3.15. The number of carbonyl (C=O) groups excluding carboxylic acids is 2. The summed E-state index contributed by atoms with van der Waals surface area (Å²) in [6, 6.07) is 10.2.